The zero-order valence-electron chi connectivity index (χ0n) is 14.1. The van der Waals surface area contributed by atoms with Gasteiger partial charge in [-0.3, -0.25) is 0 Å². The number of hydrogen-bond acceptors (Lipinski definition) is 2. The Labute approximate surface area is 135 Å². The molecule has 2 heteroatoms. The molecule has 0 amide bonds. The topological polar surface area (TPSA) is 25.1 Å². The van der Waals surface area contributed by atoms with Crippen LogP contribution in [0.15, 0.2) is 0 Å². The molecule has 0 N–H and O–H groups in total. The van der Waals surface area contributed by atoms with E-state index in [-0.39, 0.29) is 11.6 Å². The molecule has 2 saturated heterocycles. The summed E-state index contributed by atoms with van der Waals surface area (Å²) in [5, 5.41) is 0. The van der Waals surface area contributed by atoms with Crippen molar-refractivity contribution in [3.63, 3.8) is 0 Å². The summed E-state index contributed by atoms with van der Waals surface area (Å²) in [5.74, 6) is 1.86. The summed E-state index contributed by atoms with van der Waals surface area (Å²) in [6.07, 6.45) is 21.6. The van der Waals surface area contributed by atoms with E-state index in [1.165, 1.54) is 96.3 Å². The molecule has 2 heterocycles. The van der Waals surface area contributed by atoms with E-state index < -0.39 is 0 Å². The second-order valence-corrected chi connectivity index (χ2v) is 9.30. The lowest BCUT2D eigenvalue weighted by Crippen LogP contribution is -2.34. The van der Waals surface area contributed by atoms with Gasteiger partial charge in [0.25, 0.3) is 0 Å². The van der Waals surface area contributed by atoms with Gasteiger partial charge < -0.3 is 9.47 Å². The van der Waals surface area contributed by atoms with Gasteiger partial charge >= 0.3 is 0 Å². The molecule has 3 aliphatic carbocycles. The van der Waals surface area contributed by atoms with E-state index in [1.807, 2.05) is 0 Å². The molecule has 5 fully saturated rings. The molecule has 22 heavy (non-hydrogen) atoms. The van der Waals surface area contributed by atoms with Crippen molar-refractivity contribution in [1.29, 1.82) is 0 Å². The van der Waals surface area contributed by atoms with Crippen molar-refractivity contribution < 1.29 is 9.47 Å². The second-order valence-electron chi connectivity index (χ2n) is 9.30. The van der Waals surface area contributed by atoms with Crippen LogP contribution in [0, 0.1) is 17.3 Å². The van der Waals surface area contributed by atoms with Crippen LogP contribution in [0.25, 0.3) is 0 Å². The first-order chi connectivity index (χ1) is 10.7. The second kappa shape index (κ2) is 4.96. The minimum Gasteiger partial charge on any atom is -0.307 e. The molecule has 0 radical (unpaired) electrons. The summed E-state index contributed by atoms with van der Waals surface area (Å²) in [7, 11) is 0. The van der Waals surface area contributed by atoms with Crippen LogP contribution in [-0.4, -0.2) is 11.6 Å². The maximum Gasteiger partial charge on any atom is 0.229 e. The highest BCUT2D eigenvalue weighted by molar-refractivity contribution is 5.23. The molecule has 0 aromatic heterocycles. The van der Waals surface area contributed by atoms with Gasteiger partial charge in [0.1, 0.15) is 0 Å². The van der Waals surface area contributed by atoms with E-state index >= 15 is 0 Å². The number of rotatable bonds is 4. The predicted octanol–water partition coefficient (Wildman–Crippen LogP) is 5.55. The fourth-order valence-corrected chi connectivity index (χ4v) is 6.44. The van der Waals surface area contributed by atoms with E-state index in [9.17, 15) is 0 Å². The van der Waals surface area contributed by atoms with Gasteiger partial charge in [0.15, 0.2) is 0 Å². The van der Waals surface area contributed by atoms with Gasteiger partial charge in [-0.05, 0) is 36.5 Å². The van der Waals surface area contributed by atoms with Gasteiger partial charge in [0.2, 0.25) is 11.6 Å². The number of epoxide rings is 2. The van der Waals surface area contributed by atoms with Gasteiger partial charge in [0, 0.05) is 12.8 Å². The number of hydrogen-bond donors (Lipinski definition) is 0. The zero-order chi connectivity index (χ0) is 14.7. The highest BCUT2D eigenvalue weighted by atomic mass is 17.0. The molecule has 0 unspecified atom stereocenters. The van der Waals surface area contributed by atoms with Crippen LogP contribution in [0.5, 0.6) is 0 Å². The van der Waals surface area contributed by atoms with Crippen LogP contribution in [0.2, 0.25) is 0 Å². The van der Waals surface area contributed by atoms with Crippen molar-refractivity contribution >= 4 is 0 Å². The minimum absolute atomic E-state index is 0.0599. The predicted molar refractivity (Wildman–Crippen MR) is 86.3 cm³/mol. The van der Waals surface area contributed by atoms with Crippen LogP contribution in [0.3, 0.4) is 0 Å². The molecule has 0 aromatic carbocycles. The maximum absolute atomic E-state index is 5.95. The average Bonchev–Trinajstić information content (AvgIpc) is 3.35. The van der Waals surface area contributed by atoms with Crippen molar-refractivity contribution in [3.8, 4) is 0 Å². The highest BCUT2D eigenvalue weighted by Gasteiger charge is 2.92. The highest BCUT2D eigenvalue weighted by Crippen LogP contribution is 2.78. The Morgan fingerprint density at radius 1 is 0.636 bits per heavy atom. The standard InChI is InChI=1S/C20H32O2/c1-3-7-16(8-4-1)13-18(14-17-9-5-2-6-10-17)11-12-19-20(15-18,21-19)22-19/h16-17H,1-15H2. The van der Waals surface area contributed by atoms with Crippen LogP contribution < -0.4 is 0 Å². The fraction of sp³-hybridized carbons (Fsp3) is 1.00. The molecule has 2 aliphatic heterocycles. The molecule has 0 spiro atoms. The summed E-state index contributed by atoms with van der Waals surface area (Å²) in [5.41, 5.74) is 0.556. The first kappa shape index (κ1) is 14.3. The van der Waals surface area contributed by atoms with Crippen LogP contribution >= 0.6 is 0 Å². The molecular formula is C20H32O2. The Balaban J connectivity index is 1.31. The van der Waals surface area contributed by atoms with Crippen LogP contribution in [0.4, 0.5) is 0 Å². The van der Waals surface area contributed by atoms with Gasteiger partial charge in [0.05, 0.1) is 0 Å². The van der Waals surface area contributed by atoms with Crippen molar-refractivity contribution in [1.82, 2.24) is 0 Å². The molecule has 5 rings (SSSR count). The Morgan fingerprint density at radius 3 is 1.68 bits per heavy atom. The molecule has 124 valence electrons. The lowest BCUT2D eigenvalue weighted by Gasteiger charge is -2.42. The first-order valence-electron chi connectivity index (χ1n) is 10.1. The SMILES string of the molecule is C1CCC(CC2(CC3CCCCC3)CCC34OC3(C2)O4)CC1. The third-order valence-electron chi connectivity index (χ3n) is 7.64. The van der Waals surface area contributed by atoms with E-state index in [0.717, 1.165) is 11.8 Å². The maximum atomic E-state index is 5.95. The van der Waals surface area contributed by atoms with Crippen LogP contribution in [0.1, 0.15) is 96.3 Å². The lowest BCUT2D eigenvalue weighted by atomic mass is 9.62. The molecule has 0 atom stereocenters. The van der Waals surface area contributed by atoms with E-state index in [1.54, 1.807) is 0 Å². The summed E-state index contributed by atoms with van der Waals surface area (Å²) < 4.78 is 11.9. The molecule has 2 nitrogen and oxygen atoms in total. The van der Waals surface area contributed by atoms with Crippen molar-refractivity contribution in [2.24, 2.45) is 17.3 Å². The monoisotopic (exact) mass is 304 g/mol. The Hall–Kier alpha value is -0.0800. The molecular weight excluding hydrogens is 272 g/mol. The Kier molecular flexibility index (Phi) is 3.22. The molecule has 0 bridgehead atoms. The van der Waals surface area contributed by atoms with E-state index in [0.29, 0.717) is 5.41 Å². The quantitative estimate of drug-likeness (QED) is 0.636. The third kappa shape index (κ3) is 2.28. The average molecular weight is 304 g/mol. The normalized spacial score (nSPS) is 44.2. The van der Waals surface area contributed by atoms with E-state index in [4.69, 9.17) is 9.47 Å². The largest absolute Gasteiger partial charge is 0.307 e. The third-order valence-corrected chi connectivity index (χ3v) is 7.64. The molecule has 0 aromatic rings. The zero-order valence-corrected chi connectivity index (χ0v) is 14.1. The fourth-order valence-electron chi connectivity index (χ4n) is 6.44. The van der Waals surface area contributed by atoms with Gasteiger partial charge in [-0.2, -0.15) is 0 Å². The van der Waals surface area contributed by atoms with Crippen LogP contribution in [-0.2, 0) is 9.47 Å². The Bertz CT molecular complexity index is 405. The lowest BCUT2D eigenvalue weighted by molar-refractivity contribution is -0.0981. The smallest absolute Gasteiger partial charge is 0.229 e. The summed E-state index contributed by atoms with van der Waals surface area (Å²) >= 11 is 0. The summed E-state index contributed by atoms with van der Waals surface area (Å²) in [4.78, 5) is 0. The first-order valence-corrected chi connectivity index (χ1v) is 10.1. The summed E-state index contributed by atoms with van der Waals surface area (Å²) in [6.45, 7) is 0. The Morgan fingerprint density at radius 2 is 1.18 bits per heavy atom. The van der Waals surface area contributed by atoms with E-state index in [2.05, 4.69) is 0 Å². The van der Waals surface area contributed by atoms with Gasteiger partial charge in [-0.15, -0.1) is 0 Å². The van der Waals surface area contributed by atoms with Crippen molar-refractivity contribution in [2.45, 2.75) is 108 Å². The van der Waals surface area contributed by atoms with Crippen molar-refractivity contribution in [2.75, 3.05) is 0 Å². The molecule has 5 aliphatic rings. The molecule has 3 saturated carbocycles. The van der Waals surface area contributed by atoms with Crippen molar-refractivity contribution in [3.05, 3.63) is 0 Å². The minimum atomic E-state index is -0.0748. The number of ether oxygens (including phenoxy) is 2. The van der Waals surface area contributed by atoms with Gasteiger partial charge in [-0.25, -0.2) is 0 Å². The van der Waals surface area contributed by atoms with Gasteiger partial charge in [-0.1, -0.05) is 64.2 Å². The summed E-state index contributed by atoms with van der Waals surface area (Å²) in [6, 6.07) is 0.